The van der Waals surface area contributed by atoms with Crippen LogP contribution < -0.4 is 15.2 Å². The second-order valence-corrected chi connectivity index (χ2v) is 5.19. The van der Waals surface area contributed by atoms with Gasteiger partial charge in [-0.25, -0.2) is 0 Å². The standard InChI is InChI=1S/C14H11BrClNO3/c1-19-9-3-5-12(11(15)7-9)20-13-6-8(16)2-4-10(13)14(17)18/h2-7H,1H3,(H2,17,18). The zero-order valence-corrected chi connectivity index (χ0v) is 12.9. The summed E-state index contributed by atoms with van der Waals surface area (Å²) in [6.07, 6.45) is 0. The SMILES string of the molecule is COc1ccc(Oc2cc(Cl)ccc2C(N)=O)c(Br)c1. The summed E-state index contributed by atoms with van der Waals surface area (Å²) in [5.74, 6) is 0.929. The Balaban J connectivity index is 2.39. The maximum atomic E-state index is 11.4. The predicted molar refractivity (Wildman–Crippen MR) is 80.7 cm³/mol. The molecule has 0 atom stereocenters. The molecule has 0 unspecified atom stereocenters. The molecule has 2 N–H and O–H groups in total. The summed E-state index contributed by atoms with van der Waals surface area (Å²) in [4.78, 5) is 11.4. The van der Waals surface area contributed by atoms with E-state index in [4.69, 9.17) is 26.8 Å². The van der Waals surface area contributed by atoms with E-state index in [2.05, 4.69) is 15.9 Å². The van der Waals surface area contributed by atoms with Crippen LogP contribution in [0.4, 0.5) is 0 Å². The lowest BCUT2D eigenvalue weighted by Crippen LogP contribution is -2.12. The molecule has 0 aliphatic carbocycles. The number of benzene rings is 2. The zero-order chi connectivity index (χ0) is 14.7. The molecular weight excluding hydrogens is 346 g/mol. The first-order valence-electron chi connectivity index (χ1n) is 5.62. The van der Waals surface area contributed by atoms with Gasteiger partial charge in [-0.3, -0.25) is 4.79 Å². The molecule has 0 aliphatic heterocycles. The van der Waals surface area contributed by atoms with Crippen LogP contribution in [-0.2, 0) is 0 Å². The molecule has 0 heterocycles. The number of ether oxygens (including phenoxy) is 2. The first-order valence-corrected chi connectivity index (χ1v) is 6.79. The second-order valence-electron chi connectivity index (χ2n) is 3.90. The smallest absolute Gasteiger partial charge is 0.252 e. The van der Waals surface area contributed by atoms with Crippen LogP contribution in [-0.4, -0.2) is 13.0 Å². The molecule has 2 rings (SSSR count). The zero-order valence-electron chi connectivity index (χ0n) is 10.5. The van der Waals surface area contributed by atoms with Gasteiger partial charge in [-0.05, 0) is 46.3 Å². The Morgan fingerprint density at radius 3 is 2.55 bits per heavy atom. The first kappa shape index (κ1) is 14.7. The highest BCUT2D eigenvalue weighted by Gasteiger charge is 2.12. The van der Waals surface area contributed by atoms with Gasteiger partial charge >= 0.3 is 0 Å². The van der Waals surface area contributed by atoms with Gasteiger partial charge in [-0.1, -0.05) is 11.6 Å². The van der Waals surface area contributed by atoms with Crippen LogP contribution in [0.2, 0.25) is 5.02 Å². The van der Waals surface area contributed by atoms with Crippen molar-refractivity contribution in [3.63, 3.8) is 0 Å². The van der Waals surface area contributed by atoms with Crippen molar-refractivity contribution in [1.82, 2.24) is 0 Å². The highest BCUT2D eigenvalue weighted by atomic mass is 79.9. The number of hydrogen-bond acceptors (Lipinski definition) is 3. The maximum Gasteiger partial charge on any atom is 0.252 e. The van der Waals surface area contributed by atoms with E-state index in [-0.39, 0.29) is 5.56 Å². The summed E-state index contributed by atoms with van der Waals surface area (Å²) in [6, 6.07) is 9.86. The third-order valence-electron chi connectivity index (χ3n) is 2.57. The fourth-order valence-electron chi connectivity index (χ4n) is 1.59. The minimum Gasteiger partial charge on any atom is -0.497 e. The third kappa shape index (κ3) is 3.23. The maximum absolute atomic E-state index is 11.4. The Labute approximate surface area is 129 Å². The summed E-state index contributed by atoms with van der Waals surface area (Å²) >= 11 is 9.28. The Hall–Kier alpha value is -1.72. The summed E-state index contributed by atoms with van der Waals surface area (Å²) in [5, 5.41) is 0.453. The lowest BCUT2D eigenvalue weighted by atomic mass is 10.2. The predicted octanol–water partition coefficient (Wildman–Crippen LogP) is 4.00. The van der Waals surface area contributed by atoms with Crippen molar-refractivity contribution >= 4 is 33.4 Å². The molecule has 6 heteroatoms. The molecular formula is C14H11BrClNO3. The number of amides is 1. The number of carbonyl (C=O) groups excluding carboxylic acids is 1. The average Bonchev–Trinajstić information content (AvgIpc) is 2.40. The Bertz CT molecular complexity index is 661. The minimum atomic E-state index is -0.582. The topological polar surface area (TPSA) is 61.6 Å². The number of halogens is 2. The van der Waals surface area contributed by atoms with Gasteiger partial charge in [0.2, 0.25) is 0 Å². The summed E-state index contributed by atoms with van der Waals surface area (Å²) in [7, 11) is 1.57. The van der Waals surface area contributed by atoms with Crippen LogP contribution in [0.15, 0.2) is 40.9 Å². The molecule has 104 valence electrons. The van der Waals surface area contributed by atoms with E-state index in [1.54, 1.807) is 37.4 Å². The van der Waals surface area contributed by atoms with E-state index >= 15 is 0 Å². The van der Waals surface area contributed by atoms with Crippen molar-refractivity contribution in [3.05, 3.63) is 51.5 Å². The van der Waals surface area contributed by atoms with Crippen molar-refractivity contribution in [3.8, 4) is 17.2 Å². The fourth-order valence-corrected chi connectivity index (χ4v) is 2.19. The Morgan fingerprint density at radius 1 is 1.20 bits per heavy atom. The second kappa shape index (κ2) is 6.15. The van der Waals surface area contributed by atoms with Crippen LogP contribution in [0, 0.1) is 0 Å². The first-order chi connectivity index (χ1) is 9.51. The molecule has 0 fully saturated rings. The van der Waals surface area contributed by atoms with E-state index in [9.17, 15) is 4.79 Å². The molecule has 2 aromatic rings. The molecule has 4 nitrogen and oxygen atoms in total. The van der Waals surface area contributed by atoms with E-state index in [1.807, 2.05) is 0 Å². The van der Waals surface area contributed by atoms with Gasteiger partial charge < -0.3 is 15.2 Å². The molecule has 0 aliphatic rings. The molecule has 0 saturated heterocycles. The number of methoxy groups -OCH3 is 1. The van der Waals surface area contributed by atoms with Gasteiger partial charge in [0.15, 0.2) is 0 Å². The monoisotopic (exact) mass is 355 g/mol. The summed E-state index contributed by atoms with van der Waals surface area (Å²) in [6.45, 7) is 0. The third-order valence-corrected chi connectivity index (χ3v) is 3.42. The number of primary amides is 1. The van der Waals surface area contributed by atoms with E-state index < -0.39 is 5.91 Å². The van der Waals surface area contributed by atoms with Gasteiger partial charge in [0.25, 0.3) is 5.91 Å². The van der Waals surface area contributed by atoms with Crippen molar-refractivity contribution in [2.24, 2.45) is 5.73 Å². The van der Waals surface area contributed by atoms with Gasteiger partial charge in [-0.15, -0.1) is 0 Å². The lowest BCUT2D eigenvalue weighted by Gasteiger charge is -2.12. The van der Waals surface area contributed by atoms with Crippen LogP contribution in [0.3, 0.4) is 0 Å². The lowest BCUT2D eigenvalue weighted by molar-refractivity contribution is 0.0998. The summed E-state index contributed by atoms with van der Waals surface area (Å²) < 4.78 is 11.5. The molecule has 0 bridgehead atoms. The number of hydrogen-bond donors (Lipinski definition) is 1. The van der Waals surface area contributed by atoms with Gasteiger partial charge in [-0.2, -0.15) is 0 Å². The minimum absolute atomic E-state index is 0.261. The van der Waals surface area contributed by atoms with E-state index in [0.717, 1.165) is 0 Å². The number of carbonyl (C=O) groups is 1. The molecule has 0 spiro atoms. The van der Waals surface area contributed by atoms with Crippen LogP contribution in [0.1, 0.15) is 10.4 Å². The quantitative estimate of drug-likeness (QED) is 0.900. The number of nitrogens with two attached hydrogens (primary N) is 1. The van der Waals surface area contributed by atoms with Crippen LogP contribution >= 0.6 is 27.5 Å². The fraction of sp³-hybridized carbons (Fsp3) is 0.0714. The molecule has 2 aromatic carbocycles. The average molecular weight is 357 g/mol. The van der Waals surface area contributed by atoms with E-state index in [0.29, 0.717) is 26.7 Å². The van der Waals surface area contributed by atoms with E-state index in [1.165, 1.54) is 6.07 Å². The molecule has 1 amide bonds. The van der Waals surface area contributed by atoms with Crippen LogP contribution in [0.25, 0.3) is 0 Å². The van der Waals surface area contributed by atoms with Crippen LogP contribution in [0.5, 0.6) is 17.2 Å². The van der Waals surface area contributed by atoms with Crippen molar-refractivity contribution in [1.29, 1.82) is 0 Å². The summed E-state index contributed by atoms with van der Waals surface area (Å²) in [5.41, 5.74) is 5.57. The normalized spacial score (nSPS) is 10.2. The van der Waals surface area contributed by atoms with Gasteiger partial charge in [0, 0.05) is 11.1 Å². The molecule has 0 aromatic heterocycles. The molecule has 0 radical (unpaired) electrons. The largest absolute Gasteiger partial charge is 0.497 e. The molecule has 0 saturated carbocycles. The Kier molecular flexibility index (Phi) is 4.52. The van der Waals surface area contributed by atoms with Gasteiger partial charge in [0.05, 0.1) is 17.1 Å². The van der Waals surface area contributed by atoms with Crippen molar-refractivity contribution in [2.75, 3.05) is 7.11 Å². The van der Waals surface area contributed by atoms with Crippen molar-refractivity contribution < 1.29 is 14.3 Å². The Morgan fingerprint density at radius 2 is 1.95 bits per heavy atom. The molecule has 20 heavy (non-hydrogen) atoms. The van der Waals surface area contributed by atoms with Crippen molar-refractivity contribution in [2.45, 2.75) is 0 Å². The highest BCUT2D eigenvalue weighted by molar-refractivity contribution is 9.10. The van der Waals surface area contributed by atoms with Gasteiger partial charge in [0.1, 0.15) is 17.2 Å². The highest BCUT2D eigenvalue weighted by Crippen LogP contribution is 2.35. The number of rotatable bonds is 4.